The first-order chi connectivity index (χ1) is 17.5. The van der Waals surface area contributed by atoms with Crippen molar-refractivity contribution >= 4 is 36.2 Å². The Morgan fingerprint density at radius 2 is 1.06 bits per heavy atom. The summed E-state index contributed by atoms with van der Waals surface area (Å²) in [6, 6.07) is 27.0. The van der Waals surface area contributed by atoms with Crippen molar-refractivity contribution in [2.24, 2.45) is 0 Å². The highest BCUT2D eigenvalue weighted by molar-refractivity contribution is 7.95. The van der Waals surface area contributed by atoms with Gasteiger partial charge in [0.15, 0.2) is 0 Å². The van der Waals surface area contributed by atoms with Gasteiger partial charge in [-0.05, 0) is 57.2 Å². The van der Waals surface area contributed by atoms with Crippen LogP contribution in [-0.4, -0.2) is 19.4 Å². The third-order valence-electron chi connectivity index (χ3n) is 8.83. The van der Waals surface area contributed by atoms with E-state index in [2.05, 4.69) is 93.6 Å². The molecule has 3 nitrogen and oxygen atoms in total. The van der Waals surface area contributed by atoms with Crippen LogP contribution in [0.5, 0.6) is 0 Å². The molecule has 0 saturated carbocycles. The third kappa shape index (κ3) is 4.55. The first kappa shape index (κ1) is 25.2. The molecule has 2 heterocycles. The van der Waals surface area contributed by atoms with E-state index in [4.69, 9.17) is 9.31 Å². The van der Waals surface area contributed by atoms with E-state index in [0.29, 0.717) is 24.5 Å². The van der Waals surface area contributed by atoms with Crippen LogP contribution in [0, 0.1) is 20.8 Å². The third-order valence-corrected chi connectivity index (χ3v) is 12.9. The van der Waals surface area contributed by atoms with E-state index in [-0.39, 0.29) is 0 Å². The van der Waals surface area contributed by atoms with Crippen LogP contribution in [0.2, 0.25) is 11.6 Å². The van der Waals surface area contributed by atoms with Gasteiger partial charge in [-0.1, -0.05) is 91.6 Å². The van der Waals surface area contributed by atoms with E-state index < -0.39 is 13.8 Å². The van der Waals surface area contributed by atoms with Crippen LogP contribution in [0.15, 0.2) is 72.8 Å². The number of hydrogen-bond donors (Lipinski definition) is 0. The molecule has 0 unspecified atom stereocenters. The highest BCUT2D eigenvalue weighted by Gasteiger charge is 2.53. The second kappa shape index (κ2) is 10.5. The summed E-state index contributed by atoms with van der Waals surface area (Å²) in [5.74, 6) is 0.664. The molecule has 0 atom stereocenters. The average Bonchev–Trinajstić information content (AvgIpc) is 2.87. The van der Waals surface area contributed by atoms with E-state index in [0.717, 1.165) is 25.7 Å². The molecule has 0 amide bonds. The highest BCUT2D eigenvalue weighted by Crippen LogP contribution is 2.59. The molecule has 2 bridgehead atoms. The van der Waals surface area contributed by atoms with Crippen molar-refractivity contribution in [3.8, 4) is 0 Å². The summed E-state index contributed by atoms with van der Waals surface area (Å²) in [5, 5.41) is 3.91. The Balaban J connectivity index is 1.67. The Hall–Kier alpha value is -2.42. The van der Waals surface area contributed by atoms with Crippen molar-refractivity contribution < 1.29 is 14.1 Å². The zero-order valence-corrected chi connectivity index (χ0v) is 22.8. The van der Waals surface area contributed by atoms with E-state index in [1.165, 1.54) is 45.4 Å². The van der Waals surface area contributed by atoms with E-state index in [9.17, 15) is 4.79 Å². The van der Waals surface area contributed by atoms with Gasteiger partial charge in [0.05, 0.1) is 0 Å². The minimum Gasteiger partial charge on any atom is -0.668 e. The number of benzene rings is 3. The molecule has 0 radical (unpaired) electrons. The van der Waals surface area contributed by atoms with Crippen LogP contribution in [0.3, 0.4) is 0 Å². The Bertz CT molecular complexity index is 1040. The van der Waals surface area contributed by atoms with Gasteiger partial charge in [0.1, 0.15) is 29.5 Å². The number of carbonyl (C=O) groups is 1. The normalized spacial score (nSPS) is 23.8. The highest BCUT2D eigenvalue weighted by atomic mass is 31.2. The standard InChI is InChI=1S/C31H38BO3P/c1-24-10-16-29(17-11-24)36(30-18-12-25(2)13-19-30,31-20-14-26(3)15-21-31)23-35-32(34-22-33)27-6-4-7-28(32)9-5-8-27/h10-22,27-28H,4-9,23H2,1-3H3. The number of aryl methyl sites for hydroxylation is 3. The van der Waals surface area contributed by atoms with Gasteiger partial charge in [-0.25, -0.2) is 0 Å². The summed E-state index contributed by atoms with van der Waals surface area (Å²) in [5.41, 5.74) is 3.74. The molecular formula is C31H38BO3P. The smallest absolute Gasteiger partial charge is 0.303 e. The lowest BCUT2D eigenvalue weighted by Gasteiger charge is -2.57. The maximum Gasteiger partial charge on any atom is 0.303 e. The van der Waals surface area contributed by atoms with Gasteiger partial charge in [0.2, 0.25) is 6.47 Å². The van der Waals surface area contributed by atoms with Crippen molar-refractivity contribution in [2.45, 2.75) is 70.9 Å². The summed E-state index contributed by atoms with van der Waals surface area (Å²) in [7, 11) is -2.19. The molecule has 188 valence electrons. The van der Waals surface area contributed by atoms with Crippen molar-refractivity contribution in [3.05, 3.63) is 89.5 Å². The Morgan fingerprint density at radius 3 is 1.39 bits per heavy atom. The second-order valence-electron chi connectivity index (χ2n) is 11.1. The molecule has 5 rings (SSSR count). The maximum atomic E-state index is 11.9. The summed E-state index contributed by atoms with van der Waals surface area (Å²) in [6.45, 7) is 5.41. The Morgan fingerprint density at radius 1 is 0.694 bits per heavy atom. The number of hydrogen-bond acceptors (Lipinski definition) is 3. The van der Waals surface area contributed by atoms with Gasteiger partial charge in [-0.15, -0.1) is 11.6 Å². The molecule has 2 aliphatic heterocycles. The van der Waals surface area contributed by atoms with Gasteiger partial charge in [-0.2, -0.15) is 0 Å². The molecule has 0 aliphatic carbocycles. The molecule has 5 heteroatoms. The van der Waals surface area contributed by atoms with Crippen molar-refractivity contribution in [1.82, 2.24) is 0 Å². The summed E-state index contributed by atoms with van der Waals surface area (Å²) >= 11 is 0. The van der Waals surface area contributed by atoms with Crippen molar-refractivity contribution in [2.75, 3.05) is 6.35 Å². The summed E-state index contributed by atoms with van der Waals surface area (Å²) in [6.07, 6.45) is 7.33. The fraction of sp³-hybridized carbons (Fsp3) is 0.387. The van der Waals surface area contributed by atoms with Crippen molar-refractivity contribution in [1.29, 1.82) is 0 Å². The van der Waals surface area contributed by atoms with Gasteiger partial charge >= 0.3 is 6.55 Å². The molecule has 0 spiro atoms. The van der Waals surface area contributed by atoms with Crippen LogP contribution in [0.25, 0.3) is 0 Å². The van der Waals surface area contributed by atoms with Crippen LogP contribution in [-0.2, 0) is 14.1 Å². The predicted molar refractivity (Wildman–Crippen MR) is 153 cm³/mol. The Labute approximate surface area is 216 Å². The maximum absolute atomic E-state index is 11.9. The minimum absolute atomic E-state index is 0.332. The largest absolute Gasteiger partial charge is 0.668 e. The summed E-state index contributed by atoms with van der Waals surface area (Å²) in [4.78, 5) is 11.9. The molecule has 36 heavy (non-hydrogen) atoms. The molecule has 2 fully saturated rings. The van der Waals surface area contributed by atoms with Crippen molar-refractivity contribution in [3.63, 3.8) is 0 Å². The fourth-order valence-electron chi connectivity index (χ4n) is 6.80. The van der Waals surface area contributed by atoms with Gasteiger partial charge in [0.25, 0.3) is 0 Å². The SMILES string of the molecule is Cc1ccc([P+](CO[B-]2(OC=O)C3CCCC2CCC3)(c2ccc(C)cc2)c2ccc(C)cc2)cc1. The zero-order valence-electron chi connectivity index (χ0n) is 21.9. The van der Waals surface area contributed by atoms with Gasteiger partial charge in [-0.3, -0.25) is 4.79 Å². The molecule has 0 N–H and O–H groups in total. The predicted octanol–water partition coefficient (Wildman–Crippen LogP) is 6.60. The molecule has 2 aliphatic rings. The van der Waals surface area contributed by atoms with Gasteiger partial charge in [0, 0.05) is 0 Å². The quantitative estimate of drug-likeness (QED) is 0.199. The fourth-order valence-corrected chi connectivity index (χ4v) is 10.6. The summed E-state index contributed by atoms with van der Waals surface area (Å²) < 4.78 is 13.2. The number of carbonyl (C=O) groups excluding carboxylic acids is 1. The molecule has 3 aromatic carbocycles. The van der Waals surface area contributed by atoms with E-state index in [1.807, 2.05) is 0 Å². The van der Waals surface area contributed by atoms with Gasteiger partial charge < -0.3 is 9.31 Å². The Kier molecular flexibility index (Phi) is 7.38. The lowest BCUT2D eigenvalue weighted by molar-refractivity contribution is -0.123. The lowest BCUT2D eigenvalue weighted by Crippen LogP contribution is -2.56. The molecule has 0 aromatic heterocycles. The van der Waals surface area contributed by atoms with Crippen LogP contribution < -0.4 is 15.9 Å². The van der Waals surface area contributed by atoms with Crippen LogP contribution in [0.1, 0.15) is 55.2 Å². The monoisotopic (exact) mass is 500 g/mol. The van der Waals surface area contributed by atoms with Crippen LogP contribution in [0.4, 0.5) is 0 Å². The number of rotatable bonds is 8. The zero-order chi connectivity index (χ0) is 25.2. The van der Waals surface area contributed by atoms with E-state index >= 15 is 0 Å². The van der Waals surface area contributed by atoms with Crippen LogP contribution >= 0.6 is 7.26 Å². The average molecular weight is 500 g/mol. The number of fused-ring (bicyclic) bond motifs is 2. The topological polar surface area (TPSA) is 35.5 Å². The first-order valence-electron chi connectivity index (χ1n) is 13.5. The second-order valence-corrected chi connectivity index (χ2v) is 14.5. The minimum atomic E-state index is -2.19. The molecule has 2 saturated heterocycles. The lowest BCUT2D eigenvalue weighted by atomic mass is 9.31. The molecule has 3 aromatic rings. The molecular weight excluding hydrogens is 462 g/mol. The first-order valence-corrected chi connectivity index (χ1v) is 15.5. The van der Waals surface area contributed by atoms with E-state index in [1.54, 1.807) is 0 Å².